The molecule has 0 aliphatic carbocycles. The van der Waals surface area contributed by atoms with Crippen LogP contribution in [-0.2, 0) is 17.1 Å². The van der Waals surface area contributed by atoms with Gasteiger partial charge in [0.05, 0.1) is 0 Å². The van der Waals surface area contributed by atoms with Crippen LogP contribution in [0.1, 0.15) is 25.7 Å². The molecule has 2 aliphatic heterocycles. The molecule has 9 heteroatoms. The van der Waals surface area contributed by atoms with Crippen molar-refractivity contribution in [3.8, 4) is 0 Å². The molecule has 3 heterocycles. The van der Waals surface area contributed by atoms with Gasteiger partial charge < -0.3 is 5.32 Å². The average molecular weight is 378 g/mol. The first-order valence-corrected chi connectivity index (χ1v) is 9.52. The van der Waals surface area contributed by atoms with Crippen LogP contribution in [0.5, 0.6) is 0 Å². The molecule has 0 radical (unpaired) electrons. The summed E-state index contributed by atoms with van der Waals surface area (Å²) in [6.07, 6.45) is 4.28. The standard InChI is InChI=1S/C12H20BrN5O2S/c1-17-12(11(13)15-16-17)21(19,20)18-7-4-9(5-8-18)10-3-2-6-14-10/h9-10,14H,2-8H2,1H3. The molecule has 1 aromatic rings. The molecule has 0 spiro atoms. The molecule has 0 amide bonds. The quantitative estimate of drug-likeness (QED) is 0.839. The Bertz CT molecular complexity index is 584. The summed E-state index contributed by atoms with van der Waals surface area (Å²) in [6.45, 7) is 2.24. The number of hydrogen-bond donors (Lipinski definition) is 1. The largest absolute Gasteiger partial charge is 0.314 e. The molecule has 1 unspecified atom stereocenters. The maximum Gasteiger partial charge on any atom is 0.263 e. The predicted molar refractivity (Wildman–Crippen MR) is 81.2 cm³/mol. The number of aryl methyl sites for hydroxylation is 1. The lowest BCUT2D eigenvalue weighted by atomic mass is 9.89. The Morgan fingerprint density at radius 2 is 2.00 bits per heavy atom. The number of hydrogen-bond acceptors (Lipinski definition) is 5. The topological polar surface area (TPSA) is 80.1 Å². The Balaban J connectivity index is 1.71. The maximum absolute atomic E-state index is 12.7. The summed E-state index contributed by atoms with van der Waals surface area (Å²) < 4.78 is 28.5. The fourth-order valence-electron chi connectivity index (χ4n) is 3.35. The lowest BCUT2D eigenvalue weighted by Gasteiger charge is -2.34. The number of rotatable bonds is 3. The molecule has 2 fully saturated rings. The fourth-order valence-corrected chi connectivity index (χ4v) is 5.85. The Labute approximate surface area is 133 Å². The van der Waals surface area contributed by atoms with E-state index >= 15 is 0 Å². The SMILES string of the molecule is Cn1nnc(Br)c1S(=O)(=O)N1CCC(C2CCCN2)CC1. The Morgan fingerprint density at radius 3 is 2.52 bits per heavy atom. The number of nitrogens with zero attached hydrogens (tertiary/aromatic N) is 4. The van der Waals surface area contributed by atoms with E-state index in [1.165, 1.54) is 17.5 Å². The van der Waals surface area contributed by atoms with Gasteiger partial charge in [0.25, 0.3) is 10.0 Å². The van der Waals surface area contributed by atoms with Gasteiger partial charge in [-0.05, 0) is 54.1 Å². The second-order valence-corrected chi connectivity index (χ2v) is 8.36. The lowest BCUT2D eigenvalue weighted by molar-refractivity contribution is 0.233. The zero-order valence-corrected chi connectivity index (χ0v) is 14.4. The smallest absolute Gasteiger partial charge is 0.263 e. The minimum atomic E-state index is -3.52. The summed E-state index contributed by atoms with van der Waals surface area (Å²) in [5.74, 6) is 0.590. The van der Waals surface area contributed by atoms with Gasteiger partial charge in [0, 0.05) is 26.2 Å². The summed E-state index contributed by atoms with van der Waals surface area (Å²) in [6, 6.07) is 0.569. The van der Waals surface area contributed by atoms with Crippen molar-refractivity contribution in [3.05, 3.63) is 4.60 Å². The van der Waals surface area contributed by atoms with Crippen molar-refractivity contribution in [1.82, 2.24) is 24.6 Å². The van der Waals surface area contributed by atoms with Crippen LogP contribution in [0.4, 0.5) is 0 Å². The van der Waals surface area contributed by atoms with Crippen LogP contribution in [0.25, 0.3) is 0 Å². The summed E-state index contributed by atoms with van der Waals surface area (Å²) in [7, 11) is -1.93. The fraction of sp³-hybridized carbons (Fsp3) is 0.833. The van der Waals surface area contributed by atoms with Gasteiger partial charge in [0.15, 0.2) is 4.60 Å². The molecule has 2 aliphatic rings. The number of halogens is 1. The van der Waals surface area contributed by atoms with Crippen LogP contribution in [0.15, 0.2) is 9.63 Å². The number of nitrogens with one attached hydrogen (secondary N) is 1. The first kappa shape index (κ1) is 15.4. The highest BCUT2D eigenvalue weighted by molar-refractivity contribution is 9.10. The van der Waals surface area contributed by atoms with E-state index in [9.17, 15) is 8.42 Å². The number of piperidine rings is 1. The van der Waals surface area contributed by atoms with E-state index in [1.54, 1.807) is 11.4 Å². The van der Waals surface area contributed by atoms with Gasteiger partial charge in [0.1, 0.15) is 0 Å². The van der Waals surface area contributed by atoms with Crippen molar-refractivity contribution >= 4 is 26.0 Å². The third-order valence-corrected chi connectivity index (χ3v) is 7.28. The van der Waals surface area contributed by atoms with Crippen LogP contribution >= 0.6 is 15.9 Å². The Kier molecular flexibility index (Phi) is 4.35. The van der Waals surface area contributed by atoms with Gasteiger partial charge in [-0.3, -0.25) is 0 Å². The number of aromatic nitrogens is 3. The highest BCUT2D eigenvalue weighted by atomic mass is 79.9. The molecule has 1 atom stereocenters. The van der Waals surface area contributed by atoms with Gasteiger partial charge in [-0.25, -0.2) is 13.1 Å². The molecule has 0 saturated carbocycles. The van der Waals surface area contributed by atoms with Gasteiger partial charge in [-0.2, -0.15) is 4.31 Å². The third kappa shape index (κ3) is 2.88. The van der Waals surface area contributed by atoms with Crippen molar-refractivity contribution in [2.24, 2.45) is 13.0 Å². The van der Waals surface area contributed by atoms with Gasteiger partial charge in [-0.15, -0.1) is 5.10 Å². The zero-order chi connectivity index (χ0) is 15.0. The summed E-state index contributed by atoms with van der Waals surface area (Å²) in [4.78, 5) is 0. The minimum absolute atomic E-state index is 0.139. The van der Waals surface area contributed by atoms with E-state index in [2.05, 4.69) is 31.6 Å². The molecule has 0 bridgehead atoms. The molecule has 21 heavy (non-hydrogen) atoms. The zero-order valence-electron chi connectivity index (χ0n) is 12.0. The number of sulfonamides is 1. The van der Waals surface area contributed by atoms with Crippen LogP contribution < -0.4 is 5.32 Å². The van der Waals surface area contributed by atoms with E-state index in [4.69, 9.17) is 0 Å². The second kappa shape index (κ2) is 5.94. The van der Waals surface area contributed by atoms with Gasteiger partial charge in [-0.1, -0.05) is 5.21 Å². The monoisotopic (exact) mass is 377 g/mol. The van der Waals surface area contributed by atoms with Crippen molar-refractivity contribution in [2.75, 3.05) is 19.6 Å². The van der Waals surface area contributed by atoms with Gasteiger partial charge >= 0.3 is 0 Å². The minimum Gasteiger partial charge on any atom is -0.314 e. The molecule has 118 valence electrons. The van der Waals surface area contributed by atoms with Crippen LogP contribution in [-0.4, -0.2) is 53.4 Å². The van der Waals surface area contributed by atoms with E-state index in [0.29, 0.717) is 25.0 Å². The molecule has 3 rings (SSSR count). The van der Waals surface area contributed by atoms with E-state index in [0.717, 1.165) is 19.4 Å². The van der Waals surface area contributed by atoms with Crippen LogP contribution in [0.2, 0.25) is 0 Å². The predicted octanol–water partition coefficient (Wildman–Crippen LogP) is 0.730. The second-order valence-electron chi connectivity index (χ2n) is 5.75. The van der Waals surface area contributed by atoms with E-state index < -0.39 is 10.0 Å². The molecule has 7 nitrogen and oxygen atoms in total. The Hall–Kier alpha value is -0.510. The molecule has 2 saturated heterocycles. The third-order valence-electron chi connectivity index (χ3n) is 4.49. The lowest BCUT2D eigenvalue weighted by Crippen LogP contribution is -2.43. The maximum atomic E-state index is 12.7. The first-order valence-electron chi connectivity index (χ1n) is 7.29. The van der Waals surface area contributed by atoms with Crippen LogP contribution in [0.3, 0.4) is 0 Å². The first-order chi connectivity index (χ1) is 10.00. The molecule has 1 aromatic heterocycles. The summed E-state index contributed by atoms with van der Waals surface area (Å²) in [5, 5.41) is 11.2. The van der Waals surface area contributed by atoms with E-state index in [1.807, 2.05) is 0 Å². The van der Waals surface area contributed by atoms with Crippen molar-refractivity contribution < 1.29 is 8.42 Å². The highest BCUT2D eigenvalue weighted by Crippen LogP contribution is 2.30. The highest BCUT2D eigenvalue weighted by Gasteiger charge is 2.36. The van der Waals surface area contributed by atoms with Crippen LogP contribution in [0, 0.1) is 5.92 Å². The van der Waals surface area contributed by atoms with Crippen molar-refractivity contribution in [3.63, 3.8) is 0 Å². The Morgan fingerprint density at radius 1 is 1.29 bits per heavy atom. The molecule has 1 N–H and O–H groups in total. The van der Waals surface area contributed by atoms with Gasteiger partial charge in [0.2, 0.25) is 5.03 Å². The van der Waals surface area contributed by atoms with Crippen molar-refractivity contribution in [1.29, 1.82) is 0 Å². The summed E-state index contributed by atoms with van der Waals surface area (Å²) in [5.41, 5.74) is 0. The summed E-state index contributed by atoms with van der Waals surface area (Å²) >= 11 is 3.18. The van der Waals surface area contributed by atoms with E-state index in [-0.39, 0.29) is 9.63 Å². The molecular formula is C12H20BrN5O2S. The average Bonchev–Trinajstić information content (AvgIpc) is 3.09. The normalized spacial score (nSPS) is 25.5. The molecule has 0 aromatic carbocycles. The van der Waals surface area contributed by atoms with Crippen molar-refractivity contribution in [2.45, 2.75) is 36.8 Å². The molecular weight excluding hydrogens is 358 g/mol.